The Morgan fingerprint density at radius 2 is 1.83 bits per heavy atom. The van der Waals surface area contributed by atoms with Crippen LogP contribution in [0.5, 0.6) is 0 Å². The van der Waals surface area contributed by atoms with Crippen LogP contribution in [-0.4, -0.2) is 28.1 Å². The summed E-state index contributed by atoms with van der Waals surface area (Å²) in [6.45, 7) is 7.40. The second-order valence-corrected chi connectivity index (χ2v) is 7.89. The van der Waals surface area contributed by atoms with Crippen molar-refractivity contribution in [1.29, 1.82) is 0 Å². The smallest absolute Gasteiger partial charge is 0.255 e. The number of aromatic nitrogens is 2. The molecule has 1 fully saturated rings. The van der Waals surface area contributed by atoms with E-state index in [-0.39, 0.29) is 11.8 Å². The predicted molar refractivity (Wildman–Crippen MR) is 118 cm³/mol. The highest BCUT2D eigenvalue weighted by atomic mass is 16.2. The van der Waals surface area contributed by atoms with Gasteiger partial charge in [-0.25, -0.2) is 0 Å². The van der Waals surface area contributed by atoms with Crippen LogP contribution in [0.3, 0.4) is 0 Å². The number of rotatable bonds is 5. The number of carbonyl (C=O) groups excluding carboxylic acids is 2. The van der Waals surface area contributed by atoms with Crippen LogP contribution in [0.25, 0.3) is 0 Å². The highest BCUT2D eigenvalue weighted by Gasteiger charge is 2.23. The normalized spacial score (nSPS) is 13.7. The minimum atomic E-state index is -0.171. The number of carbonyl (C=O) groups is 2. The first-order valence-corrected chi connectivity index (χ1v) is 10.2. The van der Waals surface area contributed by atoms with Gasteiger partial charge in [-0.1, -0.05) is 18.2 Å². The van der Waals surface area contributed by atoms with Crippen molar-refractivity contribution in [2.45, 2.75) is 40.2 Å². The van der Waals surface area contributed by atoms with Gasteiger partial charge in [-0.05, 0) is 68.7 Å². The number of benzene rings is 2. The van der Waals surface area contributed by atoms with Gasteiger partial charge in [0.15, 0.2) is 0 Å². The van der Waals surface area contributed by atoms with Crippen LogP contribution in [0.4, 0.5) is 11.4 Å². The monoisotopic (exact) mass is 402 g/mol. The van der Waals surface area contributed by atoms with Gasteiger partial charge in [0.2, 0.25) is 5.91 Å². The molecule has 1 saturated heterocycles. The molecule has 1 aliphatic rings. The Kier molecular flexibility index (Phi) is 5.40. The zero-order chi connectivity index (χ0) is 21.3. The van der Waals surface area contributed by atoms with Crippen molar-refractivity contribution in [3.05, 3.63) is 76.6 Å². The Morgan fingerprint density at radius 3 is 2.47 bits per heavy atom. The quantitative estimate of drug-likeness (QED) is 0.694. The SMILES string of the molecule is Cc1cc(C)n(Cc2ccc(C(=O)Nc3ccc(C)c(N4CCCC4=O)c3)cc2)n1. The molecule has 0 unspecified atom stereocenters. The van der Waals surface area contributed by atoms with Gasteiger partial charge < -0.3 is 10.2 Å². The van der Waals surface area contributed by atoms with Crippen molar-refractivity contribution in [3.63, 3.8) is 0 Å². The van der Waals surface area contributed by atoms with Gasteiger partial charge in [0, 0.05) is 35.6 Å². The summed E-state index contributed by atoms with van der Waals surface area (Å²) in [4.78, 5) is 26.6. The fourth-order valence-electron chi connectivity index (χ4n) is 3.85. The largest absolute Gasteiger partial charge is 0.322 e. The maximum Gasteiger partial charge on any atom is 0.255 e. The zero-order valence-electron chi connectivity index (χ0n) is 17.6. The number of aryl methyl sites for hydroxylation is 3. The van der Waals surface area contributed by atoms with E-state index in [2.05, 4.69) is 10.4 Å². The Hall–Kier alpha value is -3.41. The fraction of sp³-hybridized carbons (Fsp3) is 0.292. The van der Waals surface area contributed by atoms with Gasteiger partial charge in [0.1, 0.15) is 0 Å². The molecule has 154 valence electrons. The van der Waals surface area contributed by atoms with E-state index in [1.54, 1.807) is 4.90 Å². The lowest BCUT2D eigenvalue weighted by Gasteiger charge is -2.19. The maximum absolute atomic E-state index is 12.7. The standard InChI is InChI=1S/C24H26N4O2/c1-16-6-11-21(14-22(16)27-12-4-5-23(27)29)25-24(30)20-9-7-19(8-10-20)15-28-18(3)13-17(2)26-28/h6-11,13-14H,4-5,12,15H2,1-3H3,(H,25,30). The van der Waals surface area contributed by atoms with Gasteiger partial charge in [0.05, 0.1) is 12.2 Å². The lowest BCUT2D eigenvalue weighted by atomic mass is 10.1. The minimum absolute atomic E-state index is 0.139. The summed E-state index contributed by atoms with van der Waals surface area (Å²) in [6, 6.07) is 15.3. The van der Waals surface area contributed by atoms with Crippen LogP contribution in [-0.2, 0) is 11.3 Å². The minimum Gasteiger partial charge on any atom is -0.322 e. The summed E-state index contributed by atoms with van der Waals surface area (Å²) in [6.07, 6.45) is 1.46. The average molecular weight is 402 g/mol. The molecule has 0 radical (unpaired) electrons. The number of nitrogens with zero attached hydrogens (tertiary/aromatic N) is 3. The van der Waals surface area contributed by atoms with E-state index < -0.39 is 0 Å². The molecular weight excluding hydrogens is 376 g/mol. The highest BCUT2D eigenvalue weighted by Crippen LogP contribution is 2.28. The van der Waals surface area contributed by atoms with Crippen LogP contribution in [0, 0.1) is 20.8 Å². The van der Waals surface area contributed by atoms with Gasteiger partial charge in [-0.3, -0.25) is 14.3 Å². The Labute approximate surface area is 176 Å². The molecule has 0 atom stereocenters. The second-order valence-electron chi connectivity index (χ2n) is 7.89. The first-order valence-electron chi connectivity index (χ1n) is 10.2. The third-order valence-corrected chi connectivity index (χ3v) is 5.48. The molecule has 2 aromatic carbocycles. The number of amides is 2. The van der Waals surface area contributed by atoms with Crippen molar-refractivity contribution in [2.24, 2.45) is 0 Å². The molecule has 0 saturated carbocycles. The summed E-state index contributed by atoms with van der Waals surface area (Å²) in [7, 11) is 0. The molecule has 1 N–H and O–H groups in total. The molecule has 1 aliphatic heterocycles. The topological polar surface area (TPSA) is 67.2 Å². The molecule has 4 rings (SSSR count). The summed E-state index contributed by atoms with van der Waals surface area (Å²) in [5.41, 5.74) is 6.37. The first-order chi connectivity index (χ1) is 14.4. The van der Waals surface area contributed by atoms with E-state index >= 15 is 0 Å². The highest BCUT2D eigenvalue weighted by molar-refractivity contribution is 6.05. The van der Waals surface area contributed by atoms with Crippen LogP contribution >= 0.6 is 0 Å². The lowest BCUT2D eigenvalue weighted by Crippen LogP contribution is -2.24. The summed E-state index contributed by atoms with van der Waals surface area (Å²) < 4.78 is 1.96. The molecule has 1 aromatic heterocycles. The molecule has 2 heterocycles. The summed E-state index contributed by atoms with van der Waals surface area (Å²) >= 11 is 0. The Balaban J connectivity index is 1.46. The van der Waals surface area contributed by atoms with E-state index in [1.165, 1.54) is 0 Å². The third-order valence-electron chi connectivity index (χ3n) is 5.48. The number of hydrogen-bond donors (Lipinski definition) is 1. The Morgan fingerprint density at radius 1 is 1.07 bits per heavy atom. The van der Waals surface area contributed by atoms with Crippen LogP contribution in [0.1, 0.15) is 45.7 Å². The molecule has 0 bridgehead atoms. The first kappa shape index (κ1) is 19.9. The predicted octanol–water partition coefficient (Wildman–Crippen LogP) is 4.24. The van der Waals surface area contributed by atoms with Crippen LogP contribution < -0.4 is 10.2 Å². The van der Waals surface area contributed by atoms with Crippen molar-refractivity contribution in [2.75, 3.05) is 16.8 Å². The number of anilines is 2. The van der Waals surface area contributed by atoms with E-state index in [4.69, 9.17) is 0 Å². The van der Waals surface area contributed by atoms with E-state index in [0.29, 0.717) is 24.2 Å². The van der Waals surface area contributed by atoms with E-state index in [1.807, 2.05) is 74.0 Å². The molecule has 3 aromatic rings. The van der Waals surface area contributed by atoms with Crippen LogP contribution in [0.2, 0.25) is 0 Å². The fourth-order valence-corrected chi connectivity index (χ4v) is 3.85. The van der Waals surface area contributed by atoms with Crippen LogP contribution in [0.15, 0.2) is 48.5 Å². The second kappa shape index (κ2) is 8.14. The van der Waals surface area contributed by atoms with Gasteiger partial charge in [-0.2, -0.15) is 5.10 Å². The Bertz CT molecular complexity index is 1100. The molecule has 6 nitrogen and oxygen atoms in total. The van der Waals surface area contributed by atoms with E-state index in [9.17, 15) is 9.59 Å². The molecule has 6 heteroatoms. The van der Waals surface area contributed by atoms with Gasteiger partial charge in [-0.15, -0.1) is 0 Å². The third kappa shape index (κ3) is 4.13. The van der Waals surface area contributed by atoms with Crippen molar-refractivity contribution >= 4 is 23.2 Å². The molecule has 0 aliphatic carbocycles. The van der Waals surface area contributed by atoms with Crippen molar-refractivity contribution < 1.29 is 9.59 Å². The lowest BCUT2D eigenvalue weighted by molar-refractivity contribution is -0.117. The van der Waals surface area contributed by atoms with Crippen molar-refractivity contribution in [3.8, 4) is 0 Å². The zero-order valence-corrected chi connectivity index (χ0v) is 17.6. The number of nitrogens with one attached hydrogen (secondary N) is 1. The van der Waals surface area contributed by atoms with Gasteiger partial charge >= 0.3 is 0 Å². The summed E-state index contributed by atoms with van der Waals surface area (Å²) in [5, 5.41) is 7.43. The molecule has 0 spiro atoms. The number of hydrogen-bond acceptors (Lipinski definition) is 3. The molecular formula is C24H26N4O2. The van der Waals surface area contributed by atoms with Crippen molar-refractivity contribution in [1.82, 2.24) is 9.78 Å². The molecule has 30 heavy (non-hydrogen) atoms. The van der Waals surface area contributed by atoms with Gasteiger partial charge in [0.25, 0.3) is 5.91 Å². The molecule has 2 amide bonds. The maximum atomic E-state index is 12.7. The summed E-state index contributed by atoms with van der Waals surface area (Å²) in [5.74, 6) is -0.0324. The average Bonchev–Trinajstić information content (AvgIpc) is 3.28. The van der Waals surface area contributed by atoms with E-state index in [0.717, 1.165) is 41.2 Å².